The third kappa shape index (κ3) is 3.63. The molecule has 0 radical (unpaired) electrons. The lowest BCUT2D eigenvalue weighted by Gasteiger charge is -2.37. The second kappa shape index (κ2) is 7.31. The van der Waals surface area contributed by atoms with Crippen LogP contribution in [0.2, 0.25) is 0 Å². The smallest absolute Gasteiger partial charge is 0.407 e. The lowest BCUT2D eigenvalue weighted by Crippen LogP contribution is -2.45. The van der Waals surface area contributed by atoms with Crippen molar-refractivity contribution in [3.05, 3.63) is 29.6 Å². The number of carbonyl (C=O) groups is 3. The zero-order valence-corrected chi connectivity index (χ0v) is 14.6. The van der Waals surface area contributed by atoms with Gasteiger partial charge in [0.25, 0.3) is 0 Å². The normalized spacial score (nSPS) is 21.5. The number of rotatable bonds is 3. The van der Waals surface area contributed by atoms with E-state index in [4.69, 9.17) is 5.11 Å². The molecule has 2 fully saturated rings. The van der Waals surface area contributed by atoms with Gasteiger partial charge in [-0.3, -0.25) is 14.9 Å². The summed E-state index contributed by atoms with van der Waals surface area (Å²) < 4.78 is 14.6. The first-order chi connectivity index (χ1) is 12.4. The molecular weight excluding hydrogens is 341 g/mol. The van der Waals surface area contributed by atoms with Gasteiger partial charge in [-0.05, 0) is 37.0 Å². The van der Waals surface area contributed by atoms with Crippen molar-refractivity contribution in [2.45, 2.75) is 37.6 Å². The molecule has 0 spiro atoms. The number of hydrogen-bond acceptors (Lipinski definition) is 4. The van der Waals surface area contributed by atoms with E-state index < -0.39 is 17.8 Å². The van der Waals surface area contributed by atoms with Crippen LogP contribution in [0.15, 0.2) is 18.2 Å². The lowest BCUT2D eigenvalue weighted by molar-refractivity contribution is -0.134. The van der Waals surface area contributed by atoms with Gasteiger partial charge < -0.3 is 14.9 Å². The minimum atomic E-state index is -0.955. The second-order valence-corrected chi connectivity index (χ2v) is 6.83. The highest BCUT2D eigenvalue weighted by Gasteiger charge is 2.30. The summed E-state index contributed by atoms with van der Waals surface area (Å²) in [4.78, 5) is 37.4. The molecule has 2 saturated heterocycles. The van der Waals surface area contributed by atoms with Gasteiger partial charge >= 0.3 is 6.09 Å². The average molecular weight is 363 g/mol. The van der Waals surface area contributed by atoms with Crippen LogP contribution in [0.5, 0.6) is 0 Å². The van der Waals surface area contributed by atoms with Gasteiger partial charge in [0.05, 0.1) is 11.6 Å². The highest BCUT2D eigenvalue weighted by atomic mass is 19.1. The average Bonchev–Trinajstić information content (AvgIpc) is 2.61. The van der Waals surface area contributed by atoms with Gasteiger partial charge in [-0.2, -0.15) is 0 Å². The zero-order chi connectivity index (χ0) is 18.8. The number of anilines is 1. The summed E-state index contributed by atoms with van der Waals surface area (Å²) in [6.07, 6.45) is 0.956. The Bertz CT molecular complexity index is 731. The third-order valence-electron chi connectivity index (χ3n) is 5.27. The number of piperidine rings is 2. The van der Waals surface area contributed by atoms with E-state index >= 15 is 0 Å². The number of benzene rings is 1. The number of halogens is 1. The van der Waals surface area contributed by atoms with E-state index in [0.29, 0.717) is 43.6 Å². The molecule has 0 aromatic heterocycles. The van der Waals surface area contributed by atoms with Crippen LogP contribution in [0.1, 0.15) is 37.2 Å². The van der Waals surface area contributed by atoms with E-state index in [1.807, 2.05) is 4.90 Å². The zero-order valence-electron chi connectivity index (χ0n) is 14.6. The SMILES string of the molecule is CN(C(=O)O)C1CCN(c2ccc(C3CCC(=O)NC3=O)cc2F)CC1. The molecule has 3 rings (SSSR count). The van der Waals surface area contributed by atoms with Gasteiger partial charge in [0.2, 0.25) is 11.8 Å². The molecule has 1 unspecified atom stereocenters. The summed E-state index contributed by atoms with van der Waals surface area (Å²) in [6, 6.07) is 4.70. The fraction of sp³-hybridized carbons (Fsp3) is 0.500. The number of imide groups is 1. The Kier molecular flexibility index (Phi) is 5.11. The topological polar surface area (TPSA) is 90.0 Å². The quantitative estimate of drug-likeness (QED) is 0.801. The molecule has 2 aliphatic rings. The van der Waals surface area contributed by atoms with Crippen LogP contribution < -0.4 is 10.2 Å². The van der Waals surface area contributed by atoms with Crippen molar-refractivity contribution in [1.29, 1.82) is 0 Å². The molecule has 0 saturated carbocycles. The first kappa shape index (κ1) is 18.2. The Morgan fingerprint density at radius 1 is 1.27 bits per heavy atom. The fourth-order valence-electron chi connectivity index (χ4n) is 3.66. The minimum Gasteiger partial charge on any atom is -0.465 e. The number of hydrogen-bond donors (Lipinski definition) is 2. The Morgan fingerprint density at radius 2 is 1.96 bits per heavy atom. The predicted octanol–water partition coefficient (Wildman–Crippen LogP) is 1.92. The molecule has 1 atom stereocenters. The van der Waals surface area contributed by atoms with E-state index in [0.717, 1.165) is 0 Å². The largest absolute Gasteiger partial charge is 0.465 e. The monoisotopic (exact) mass is 363 g/mol. The molecule has 140 valence electrons. The maximum absolute atomic E-state index is 14.6. The van der Waals surface area contributed by atoms with E-state index in [2.05, 4.69) is 5.32 Å². The molecular formula is C18H22FN3O4. The van der Waals surface area contributed by atoms with Crippen LogP contribution in [0.3, 0.4) is 0 Å². The van der Waals surface area contributed by atoms with Crippen LogP contribution >= 0.6 is 0 Å². The number of nitrogens with one attached hydrogen (secondary N) is 1. The Morgan fingerprint density at radius 3 is 2.54 bits per heavy atom. The molecule has 8 heteroatoms. The van der Waals surface area contributed by atoms with Gasteiger partial charge in [-0.1, -0.05) is 6.07 Å². The molecule has 0 aliphatic carbocycles. The number of carboxylic acid groups (broad SMARTS) is 1. The molecule has 2 heterocycles. The van der Waals surface area contributed by atoms with Crippen molar-refractivity contribution in [1.82, 2.24) is 10.2 Å². The van der Waals surface area contributed by atoms with Gasteiger partial charge in [0.1, 0.15) is 5.82 Å². The van der Waals surface area contributed by atoms with Gasteiger partial charge in [-0.25, -0.2) is 9.18 Å². The maximum atomic E-state index is 14.6. The van der Waals surface area contributed by atoms with Gasteiger partial charge in [-0.15, -0.1) is 0 Å². The van der Waals surface area contributed by atoms with Crippen molar-refractivity contribution < 1.29 is 23.9 Å². The summed E-state index contributed by atoms with van der Waals surface area (Å²) in [6.45, 7) is 1.13. The maximum Gasteiger partial charge on any atom is 0.407 e. The van der Waals surface area contributed by atoms with E-state index in [1.54, 1.807) is 19.2 Å². The lowest BCUT2D eigenvalue weighted by atomic mass is 9.90. The van der Waals surface area contributed by atoms with Crippen molar-refractivity contribution in [2.75, 3.05) is 25.0 Å². The standard InChI is InChI=1S/C18H22FN3O4/c1-21(18(25)26)12-6-8-22(9-7-12)15-4-2-11(10-14(15)19)13-3-5-16(23)20-17(13)24/h2,4,10,12-13H,3,5-9H2,1H3,(H,25,26)(H,20,23,24). The summed E-state index contributed by atoms with van der Waals surface area (Å²) in [5.41, 5.74) is 1.02. The van der Waals surface area contributed by atoms with Crippen molar-refractivity contribution >= 4 is 23.6 Å². The van der Waals surface area contributed by atoms with E-state index in [-0.39, 0.29) is 24.3 Å². The van der Waals surface area contributed by atoms with Crippen molar-refractivity contribution in [2.24, 2.45) is 0 Å². The molecule has 3 amide bonds. The second-order valence-electron chi connectivity index (χ2n) is 6.83. The van der Waals surface area contributed by atoms with E-state index in [9.17, 15) is 18.8 Å². The molecule has 7 nitrogen and oxygen atoms in total. The van der Waals surface area contributed by atoms with Crippen LogP contribution in [0.25, 0.3) is 0 Å². The van der Waals surface area contributed by atoms with Gasteiger partial charge in [0, 0.05) is 32.6 Å². The Hall–Kier alpha value is -2.64. The van der Waals surface area contributed by atoms with Gasteiger partial charge in [0.15, 0.2) is 0 Å². The third-order valence-corrected chi connectivity index (χ3v) is 5.27. The molecule has 1 aromatic carbocycles. The summed E-state index contributed by atoms with van der Waals surface area (Å²) >= 11 is 0. The first-order valence-corrected chi connectivity index (χ1v) is 8.70. The molecule has 2 N–H and O–H groups in total. The predicted molar refractivity (Wildman–Crippen MR) is 92.5 cm³/mol. The van der Waals surface area contributed by atoms with Crippen molar-refractivity contribution in [3.63, 3.8) is 0 Å². The number of amides is 3. The summed E-state index contributed by atoms with van der Waals surface area (Å²) in [5.74, 6) is -1.59. The summed E-state index contributed by atoms with van der Waals surface area (Å²) in [7, 11) is 1.55. The number of nitrogens with zero attached hydrogens (tertiary/aromatic N) is 2. The molecule has 26 heavy (non-hydrogen) atoms. The van der Waals surface area contributed by atoms with E-state index in [1.165, 1.54) is 11.0 Å². The molecule has 2 aliphatic heterocycles. The highest BCUT2D eigenvalue weighted by Crippen LogP contribution is 2.30. The number of carbonyl (C=O) groups excluding carboxylic acids is 2. The minimum absolute atomic E-state index is 0.0606. The van der Waals surface area contributed by atoms with Crippen LogP contribution in [-0.2, 0) is 9.59 Å². The van der Waals surface area contributed by atoms with Crippen LogP contribution in [0, 0.1) is 5.82 Å². The van der Waals surface area contributed by atoms with Crippen molar-refractivity contribution in [3.8, 4) is 0 Å². The fourth-order valence-corrected chi connectivity index (χ4v) is 3.66. The van der Waals surface area contributed by atoms with Crippen LogP contribution in [0.4, 0.5) is 14.9 Å². The van der Waals surface area contributed by atoms with Crippen LogP contribution in [-0.4, -0.2) is 54.1 Å². The Labute approximate surface area is 150 Å². The first-order valence-electron chi connectivity index (χ1n) is 8.70. The summed E-state index contributed by atoms with van der Waals surface area (Å²) in [5, 5.41) is 11.3. The molecule has 0 bridgehead atoms. The highest BCUT2D eigenvalue weighted by molar-refractivity contribution is 6.00. The Balaban J connectivity index is 1.68. The molecule has 1 aromatic rings.